The van der Waals surface area contributed by atoms with E-state index in [2.05, 4.69) is 11.9 Å². The second kappa shape index (κ2) is 6.65. The number of rotatable bonds is 5. The van der Waals surface area contributed by atoms with Gasteiger partial charge in [0.05, 0.1) is 36.6 Å². The van der Waals surface area contributed by atoms with E-state index in [1.807, 2.05) is 14.2 Å². The fourth-order valence-electron chi connectivity index (χ4n) is 10.9. The molecule has 1 heterocycles. The Hall–Kier alpha value is -0.280. The van der Waals surface area contributed by atoms with E-state index >= 15 is 0 Å². The number of methoxy groups -OCH3 is 4. The van der Waals surface area contributed by atoms with Crippen molar-refractivity contribution < 1.29 is 29.2 Å². The topological polar surface area (TPSA) is 80.6 Å². The highest BCUT2D eigenvalue weighted by Crippen LogP contribution is 2.79. The Balaban J connectivity index is 1.62. The van der Waals surface area contributed by atoms with E-state index < -0.39 is 11.7 Å². The summed E-state index contributed by atoms with van der Waals surface area (Å²) in [5.41, 5.74) is -1.18. The van der Waals surface area contributed by atoms with Crippen LogP contribution < -0.4 is 0 Å². The molecule has 6 rings (SSSR count). The molecule has 2 unspecified atom stereocenters. The maximum Gasteiger partial charge on any atom is 0.0796 e. The second-order valence-electron chi connectivity index (χ2n) is 11.6. The van der Waals surface area contributed by atoms with Gasteiger partial charge in [0.2, 0.25) is 0 Å². The van der Waals surface area contributed by atoms with Gasteiger partial charge in [-0.15, -0.1) is 0 Å². The molecule has 0 aromatic rings. The van der Waals surface area contributed by atoms with Gasteiger partial charge in [-0.1, -0.05) is 0 Å². The van der Waals surface area contributed by atoms with Crippen molar-refractivity contribution in [1.29, 1.82) is 0 Å². The first-order chi connectivity index (χ1) is 14.9. The van der Waals surface area contributed by atoms with Gasteiger partial charge < -0.3 is 34.1 Å². The normalized spacial score (nSPS) is 61.6. The molecule has 0 aromatic carbocycles. The van der Waals surface area contributed by atoms with Crippen molar-refractivity contribution in [2.24, 2.45) is 40.4 Å². The van der Waals surface area contributed by atoms with Gasteiger partial charge in [-0.2, -0.15) is 0 Å². The summed E-state index contributed by atoms with van der Waals surface area (Å²) in [7, 11) is 9.41. The smallest absolute Gasteiger partial charge is 0.0796 e. The number of likely N-dealkylation sites (tertiary alicyclic amines) is 1. The molecule has 0 aromatic heterocycles. The van der Waals surface area contributed by atoms with Crippen molar-refractivity contribution in [3.05, 3.63) is 0 Å². The average molecular weight is 438 g/mol. The van der Waals surface area contributed by atoms with Crippen LogP contribution in [0.2, 0.25) is 0 Å². The Morgan fingerprint density at radius 3 is 2.48 bits per heavy atom. The monoisotopic (exact) mass is 437 g/mol. The van der Waals surface area contributed by atoms with Crippen LogP contribution in [0.15, 0.2) is 0 Å². The van der Waals surface area contributed by atoms with Crippen LogP contribution in [0.3, 0.4) is 0 Å². The summed E-state index contributed by atoms with van der Waals surface area (Å²) in [6.45, 7) is 1.65. The molecule has 5 aliphatic carbocycles. The molecule has 0 radical (unpaired) electrons. The summed E-state index contributed by atoms with van der Waals surface area (Å²) in [6.07, 6.45) is 2.87. The Kier molecular flexibility index (Phi) is 4.56. The minimum absolute atomic E-state index is 0.0247. The van der Waals surface area contributed by atoms with Gasteiger partial charge in [0, 0.05) is 81.9 Å². The number of aliphatic hydroxyl groups is 2. The van der Waals surface area contributed by atoms with Crippen molar-refractivity contribution >= 4 is 0 Å². The maximum atomic E-state index is 12.5. The van der Waals surface area contributed by atoms with E-state index in [1.54, 1.807) is 14.2 Å². The van der Waals surface area contributed by atoms with Gasteiger partial charge in [0.15, 0.2) is 0 Å². The van der Waals surface area contributed by atoms with E-state index in [1.165, 1.54) is 0 Å². The molecule has 7 heteroatoms. The predicted molar refractivity (Wildman–Crippen MR) is 112 cm³/mol. The Labute approximate surface area is 185 Å². The van der Waals surface area contributed by atoms with Crippen LogP contribution in [0.4, 0.5) is 0 Å². The number of fused-ring (bicyclic) bond motifs is 2. The molecule has 7 nitrogen and oxygen atoms in total. The number of hydrogen-bond acceptors (Lipinski definition) is 7. The van der Waals surface area contributed by atoms with Crippen LogP contribution >= 0.6 is 0 Å². The summed E-state index contributed by atoms with van der Waals surface area (Å²) in [5.74, 6) is 0.303. The predicted octanol–water partition coefficient (Wildman–Crippen LogP) is 0.766. The number of hydrogen-bond donors (Lipinski definition) is 2. The lowest BCUT2D eigenvalue weighted by molar-refractivity contribution is -0.273. The zero-order chi connectivity index (χ0) is 21.9. The van der Waals surface area contributed by atoms with Gasteiger partial charge >= 0.3 is 0 Å². The number of piperidine rings is 1. The summed E-state index contributed by atoms with van der Waals surface area (Å²) in [4.78, 5) is 2.50. The third kappa shape index (κ3) is 2.12. The zero-order valence-electron chi connectivity index (χ0n) is 19.5. The molecule has 6 fully saturated rings. The molecular weight excluding hydrogens is 398 g/mol. The van der Waals surface area contributed by atoms with Crippen molar-refractivity contribution in [3.8, 4) is 0 Å². The lowest BCUT2D eigenvalue weighted by atomic mass is 9.43. The zero-order valence-corrected chi connectivity index (χ0v) is 19.5. The molecule has 1 aliphatic heterocycles. The lowest BCUT2D eigenvalue weighted by Crippen LogP contribution is -2.76. The SMILES string of the molecule is COC[C@@]12CC[C@H](OC)C34[C@@H]5C[C@H]6[C@H](O)[C@@H]5[C@](O)(C[C@@H]6OC)C([C@H](OC)[C@@H]31)[C@H]4N(C)C2. The van der Waals surface area contributed by atoms with E-state index in [4.69, 9.17) is 18.9 Å². The van der Waals surface area contributed by atoms with E-state index in [-0.39, 0.29) is 64.8 Å². The molecule has 5 saturated carbocycles. The fourth-order valence-corrected chi connectivity index (χ4v) is 10.9. The molecule has 31 heavy (non-hydrogen) atoms. The Bertz CT molecular complexity index is 752. The molecule has 7 bridgehead atoms. The minimum atomic E-state index is -0.999. The minimum Gasteiger partial charge on any atom is -0.392 e. The fraction of sp³-hybridized carbons (Fsp3) is 1.00. The first-order valence-electron chi connectivity index (χ1n) is 12.0. The molecule has 13 atom stereocenters. The number of nitrogens with zero attached hydrogens (tertiary/aromatic N) is 1. The van der Waals surface area contributed by atoms with Crippen LogP contribution in [0, 0.1) is 40.4 Å². The van der Waals surface area contributed by atoms with Crippen LogP contribution in [-0.4, -0.2) is 99.8 Å². The molecule has 6 aliphatic rings. The quantitative estimate of drug-likeness (QED) is 0.658. The van der Waals surface area contributed by atoms with Gasteiger partial charge in [-0.05, 0) is 32.2 Å². The summed E-state index contributed by atoms with van der Waals surface area (Å²) >= 11 is 0. The van der Waals surface area contributed by atoms with Crippen molar-refractivity contribution in [2.45, 2.75) is 61.7 Å². The maximum absolute atomic E-state index is 12.5. The number of ether oxygens (including phenoxy) is 4. The van der Waals surface area contributed by atoms with Crippen LogP contribution in [-0.2, 0) is 18.9 Å². The molecule has 1 saturated heterocycles. The first-order valence-corrected chi connectivity index (χ1v) is 12.0. The highest BCUT2D eigenvalue weighted by Gasteiger charge is 2.86. The van der Waals surface area contributed by atoms with Gasteiger partial charge in [0.25, 0.3) is 0 Å². The third-order valence-electron chi connectivity index (χ3n) is 11.1. The van der Waals surface area contributed by atoms with E-state index in [0.29, 0.717) is 13.0 Å². The van der Waals surface area contributed by atoms with Crippen molar-refractivity contribution in [3.63, 3.8) is 0 Å². The van der Waals surface area contributed by atoms with E-state index in [9.17, 15) is 10.2 Å². The molecule has 0 amide bonds. The largest absolute Gasteiger partial charge is 0.392 e. The molecule has 176 valence electrons. The second-order valence-corrected chi connectivity index (χ2v) is 11.6. The van der Waals surface area contributed by atoms with Crippen molar-refractivity contribution in [2.75, 3.05) is 48.6 Å². The Morgan fingerprint density at radius 2 is 1.84 bits per heavy atom. The molecule has 2 N–H and O–H groups in total. The van der Waals surface area contributed by atoms with Gasteiger partial charge in [0.1, 0.15) is 0 Å². The number of aliphatic hydroxyl groups excluding tert-OH is 1. The first kappa shape index (κ1) is 21.3. The summed E-state index contributed by atoms with van der Waals surface area (Å²) < 4.78 is 24.4. The van der Waals surface area contributed by atoms with Crippen LogP contribution in [0.25, 0.3) is 0 Å². The summed E-state index contributed by atoms with van der Waals surface area (Å²) in [6, 6.07) is 0.172. The summed E-state index contributed by atoms with van der Waals surface area (Å²) in [5, 5.41) is 24.0. The van der Waals surface area contributed by atoms with Gasteiger partial charge in [-0.3, -0.25) is 0 Å². The highest BCUT2D eigenvalue weighted by atomic mass is 16.5. The lowest BCUT2D eigenvalue weighted by Gasteiger charge is -2.68. The van der Waals surface area contributed by atoms with Crippen LogP contribution in [0.5, 0.6) is 0 Å². The average Bonchev–Trinajstić information content (AvgIpc) is 3.16. The highest BCUT2D eigenvalue weighted by molar-refractivity contribution is 5.35. The molecule has 1 spiro atoms. The van der Waals surface area contributed by atoms with Crippen molar-refractivity contribution in [1.82, 2.24) is 4.90 Å². The molecular formula is C24H39NO6. The Morgan fingerprint density at radius 1 is 1.06 bits per heavy atom. The standard InChI is InChI=1S/C24H39NO6/c1-25-10-22(11-28-2)7-6-15(30-4)24-13-8-12-14(29-3)9-23(27,16(13)18(12)26)17(21(24)25)19(31-5)20(22)24/h12-21,26-27H,6-11H2,1-5H3/t12-,13-,14+,15+,16-,17?,18+,19+,20-,21-,22+,23-,24?/m1/s1. The van der Waals surface area contributed by atoms with Crippen LogP contribution in [0.1, 0.15) is 25.7 Å². The van der Waals surface area contributed by atoms with E-state index in [0.717, 1.165) is 25.8 Å². The third-order valence-corrected chi connectivity index (χ3v) is 11.1. The van der Waals surface area contributed by atoms with Gasteiger partial charge in [-0.25, -0.2) is 0 Å².